The van der Waals surface area contributed by atoms with Gasteiger partial charge in [0.05, 0.1) is 5.38 Å². The summed E-state index contributed by atoms with van der Waals surface area (Å²) in [7, 11) is 0. The molecule has 2 rings (SSSR count). The number of alkyl halides is 2. The van der Waals surface area contributed by atoms with Crippen LogP contribution in [0, 0.1) is 5.41 Å². The summed E-state index contributed by atoms with van der Waals surface area (Å²) in [6.45, 7) is 0. The number of rotatable bonds is 0. The van der Waals surface area contributed by atoms with Gasteiger partial charge in [-0.1, -0.05) is 15.9 Å². The van der Waals surface area contributed by atoms with Crippen LogP contribution >= 0.6 is 27.5 Å². The summed E-state index contributed by atoms with van der Waals surface area (Å²) in [5.74, 6) is 0. The molecular weight excluding hydrogens is 175 g/mol. The van der Waals surface area contributed by atoms with Crippen LogP contribution in [0.3, 0.4) is 0 Å². The molecule has 7 heavy (non-hydrogen) atoms. The van der Waals surface area contributed by atoms with E-state index in [4.69, 9.17) is 11.6 Å². The van der Waals surface area contributed by atoms with Crippen molar-refractivity contribution < 1.29 is 0 Å². The third-order valence-corrected chi connectivity index (χ3v) is 4.51. The highest BCUT2D eigenvalue weighted by Gasteiger charge is 2.70. The zero-order valence-corrected chi connectivity index (χ0v) is 6.17. The van der Waals surface area contributed by atoms with Crippen LogP contribution < -0.4 is 0 Å². The fraction of sp³-hybridized carbons (Fsp3) is 1.00. The van der Waals surface area contributed by atoms with E-state index in [-0.39, 0.29) is 0 Å². The van der Waals surface area contributed by atoms with Crippen LogP contribution in [0.1, 0.15) is 12.8 Å². The van der Waals surface area contributed by atoms with Crippen LogP contribution in [0.4, 0.5) is 0 Å². The van der Waals surface area contributed by atoms with E-state index in [1.807, 2.05) is 0 Å². The van der Waals surface area contributed by atoms with Crippen molar-refractivity contribution in [1.29, 1.82) is 0 Å². The molecule has 2 saturated carbocycles. The Bertz CT molecular complexity index is 98.6. The number of hydrogen-bond donors (Lipinski definition) is 0. The predicted molar refractivity (Wildman–Crippen MR) is 34.0 cm³/mol. The van der Waals surface area contributed by atoms with Crippen LogP contribution in [-0.2, 0) is 0 Å². The molecule has 0 aromatic rings. The van der Waals surface area contributed by atoms with Gasteiger partial charge >= 0.3 is 0 Å². The van der Waals surface area contributed by atoms with E-state index in [1.54, 1.807) is 0 Å². The Morgan fingerprint density at radius 1 is 1.57 bits per heavy atom. The molecule has 1 spiro atoms. The fourth-order valence-electron chi connectivity index (χ4n) is 1.09. The van der Waals surface area contributed by atoms with Gasteiger partial charge in [-0.3, -0.25) is 0 Å². The van der Waals surface area contributed by atoms with Gasteiger partial charge in [0, 0.05) is 10.2 Å². The Balaban J connectivity index is 2.17. The summed E-state index contributed by atoms with van der Waals surface area (Å²) >= 11 is 9.34. The highest BCUT2D eigenvalue weighted by Crippen LogP contribution is 2.71. The van der Waals surface area contributed by atoms with E-state index in [1.165, 1.54) is 12.8 Å². The summed E-state index contributed by atoms with van der Waals surface area (Å²) in [4.78, 5) is 0.654. The summed E-state index contributed by atoms with van der Waals surface area (Å²) < 4.78 is 0. The Morgan fingerprint density at radius 3 is 2.00 bits per heavy atom. The SMILES string of the molecule is ClC1C(Br)C12CC2. The zero-order chi connectivity index (χ0) is 5.07. The molecule has 0 amide bonds. The van der Waals surface area contributed by atoms with E-state index in [2.05, 4.69) is 15.9 Å². The molecule has 40 valence electrons. The second-order valence-electron chi connectivity index (χ2n) is 2.54. The first-order chi connectivity index (χ1) is 3.27. The minimum atomic E-state index is 0.465. The number of halogens is 2. The first-order valence-electron chi connectivity index (χ1n) is 2.55. The molecule has 0 N–H and O–H groups in total. The largest absolute Gasteiger partial charge is 0.121 e. The molecule has 2 fully saturated rings. The van der Waals surface area contributed by atoms with Gasteiger partial charge < -0.3 is 0 Å². The molecule has 0 aromatic heterocycles. The normalized spacial score (nSPS) is 52.3. The molecular formula is C5H6BrCl. The Kier molecular flexibility index (Phi) is 0.683. The molecule has 0 nitrogen and oxygen atoms in total. The van der Waals surface area contributed by atoms with Crippen molar-refractivity contribution in [3.8, 4) is 0 Å². The molecule has 2 atom stereocenters. The third kappa shape index (κ3) is 0.394. The average molecular weight is 181 g/mol. The van der Waals surface area contributed by atoms with E-state index in [0.717, 1.165) is 0 Å². The van der Waals surface area contributed by atoms with Crippen LogP contribution in [0.2, 0.25) is 0 Å². The standard InChI is InChI=1S/C5H6BrCl/c6-3-4(7)5(3)1-2-5/h3-4H,1-2H2. The maximum absolute atomic E-state index is 5.84. The first kappa shape index (κ1) is 4.63. The van der Waals surface area contributed by atoms with Gasteiger partial charge in [0.2, 0.25) is 0 Å². The lowest BCUT2D eigenvalue weighted by Crippen LogP contribution is -1.68. The average Bonchev–Trinajstić information content (AvgIpc) is 2.47. The molecule has 2 aliphatic rings. The zero-order valence-electron chi connectivity index (χ0n) is 3.82. The maximum atomic E-state index is 5.84. The smallest absolute Gasteiger partial charge is 0.0534 e. The quantitative estimate of drug-likeness (QED) is 0.503. The van der Waals surface area contributed by atoms with Gasteiger partial charge in [-0.2, -0.15) is 0 Å². The van der Waals surface area contributed by atoms with Crippen molar-refractivity contribution in [2.45, 2.75) is 23.0 Å². The van der Waals surface area contributed by atoms with Crippen LogP contribution in [0.5, 0.6) is 0 Å². The van der Waals surface area contributed by atoms with Crippen molar-refractivity contribution in [1.82, 2.24) is 0 Å². The molecule has 0 heterocycles. The molecule has 0 saturated heterocycles. The topological polar surface area (TPSA) is 0 Å². The van der Waals surface area contributed by atoms with Crippen LogP contribution in [-0.4, -0.2) is 10.2 Å². The lowest BCUT2D eigenvalue weighted by molar-refractivity contribution is 0.910. The van der Waals surface area contributed by atoms with Crippen molar-refractivity contribution in [2.24, 2.45) is 5.41 Å². The summed E-state index contributed by atoms with van der Waals surface area (Å²) in [5.41, 5.74) is 0.599. The molecule has 0 radical (unpaired) electrons. The minimum absolute atomic E-state index is 0.465. The lowest BCUT2D eigenvalue weighted by atomic mass is 10.4. The monoisotopic (exact) mass is 180 g/mol. The van der Waals surface area contributed by atoms with Gasteiger partial charge in [-0.25, -0.2) is 0 Å². The van der Waals surface area contributed by atoms with E-state index >= 15 is 0 Å². The minimum Gasteiger partial charge on any atom is -0.121 e. The second-order valence-corrected chi connectivity index (χ2v) is 3.99. The second kappa shape index (κ2) is 1.03. The number of hydrogen-bond acceptors (Lipinski definition) is 0. The van der Waals surface area contributed by atoms with Crippen LogP contribution in [0.15, 0.2) is 0 Å². The maximum Gasteiger partial charge on any atom is 0.0534 e. The summed E-state index contributed by atoms with van der Waals surface area (Å²) in [6, 6.07) is 0. The molecule has 0 bridgehead atoms. The van der Waals surface area contributed by atoms with Crippen molar-refractivity contribution in [3.63, 3.8) is 0 Å². The van der Waals surface area contributed by atoms with Gasteiger partial charge in [-0.05, 0) is 12.8 Å². The Labute approximate surface area is 56.4 Å². The Morgan fingerprint density at radius 2 is 2.00 bits per heavy atom. The summed E-state index contributed by atoms with van der Waals surface area (Å²) in [5, 5.41) is 0.465. The molecule has 0 aliphatic heterocycles. The highest BCUT2D eigenvalue weighted by atomic mass is 79.9. The van der Waals surface area contributed by atoms with E-state index < -0.39 is 0 Å². The highest BCUT2D eigenvalue weighted by molar-refractivity contribution is 9.09. The fourth-order valence-corrected chi connectivity index (χ4v) is 2.89. The first-order valence-corrected chi connectivity index (χ1v) is 3.91. The molecule has 2 aliphatic carbocycles. The van der Waals surface area contributed by atoms with Gasteiger partial charge in [0.25, 0.3) is 0 Å². The van der Waals surface area contributed by atoms with Crippen LogP contribution in [0.25, 0.3) is 0 Å². The predicted octanol–water partition coefficient (Wildman–Crippen LogP) is 2.15. The Hall–Kier alpha value is 0.770. The molecule has 2 heteroatoms. The van der Waals surface area contributed by atoms with Crippen molar-refractivity contribution in [2.75, 3.05) is 0 Å². The van der Waals surface area contributed by atoms with Crippen molar-refractivity contribution in [3.05, 3.63) is 0 Å². The van der Waals surface area contributed by atoms with Gasteiger partial charge in [-0.15, -0.1) is 11.6 Å². The van der Waals surface area contributed by atoms with Crippen molar-refractivity contribution >= 4 is 27.5 Å². The van der Waals surface area contributed by atoms with Gasteiger partial charge in [0.1, 0.15) is 0 Å². The lowest BCUT2D eigenvalue weighted by Gasteiger charge is -1.70. The van der Waals surface area contributed by atoms with E-state index in [9.17, 15) is 0 Å². The molecule has 0 aromatic carbocycles. The van der Waals surface area contributed by atoms with E-state index in [0.29, 0.717) is 15.6 Å². The van der Waals surface area contributed by atoms with Gasteiger partial charge in [0.15, 0.2) is 0 Å². The summed E-state index contributed by atoms with van der Waals surface area (Å²) in [6.07, 6.45) is 2.72. The third-order valence-electron chi connectivity index (χ3n) is 2.07. The molecule has 2 unspecified atom stereocenters.